The second-order valence-corrected chi connectivity index (χ2v) is 4.94. The van der Waals surface area contributed by atoms with E-state index in [9.17, 15) is 9.90 Å². The Morgan fingerprint density at radius 1 is 1.50 bits per heavy atom. The summed E-state index contributed by atoms with van der Waals surface area (Å²) < 4.78 is 5.26. The number of aliphatic hydroxyl groups excluding tert-OH is 1. The second kappa shape index (κ2) is 4.98. The van der Waals surface area contributed by atoms with Crippen LogP contribution in [0, 0.1) is 12.3 Å². The summed E-state index contributed by atoms with van der Waals surface area (Å²) in [4.78, 5) is 11.9. The Morgan fingerprint density at radius 3 is 2.78 bits per heavy atom. The number of rotatable bonds is 5. The van der Waals surface area contributed by atoms with Crippen LogP contribution in [0.15, 0.2) is 18.2 Å². The van der Waals surface area contributed by atoms with Crippen molar-refractivity contribution in [3.05, 3.63) is 29.3 Å². The van der Waals surface area contributed by atoms with E-state index >= 15 is 0 Å². The van der Waals surface area contributed by atoms with Gasteiger partial charge < -0.3 is 15.2 Å². The van der Waals surface area contributed by atoms with Crippen LogP contribution >= 0.6 is 0 Å². The molecule has 0 bridgehead atoms. The molecule has 18 heavy (non-hydrogen) atoms. The molecule has 0 radical (unpaired) electrons. The first-order valence-electron chi connectivity index (χ1n) is 6.14. The average Bonchev–Trinajstić information content (AvgIpc) is 3.17. The minimum absolute atomic E-state index is 0.0615. The van der Waals surface area contributed by atoms with E-state index in [1.54, 1.807) is 7.11 Å². The van der Waals surface area contributed by atoms with Gasteiger partial charge in [0.1, 0.15) is 5.75 Å². The number of aryl methyl sites for hydroxylation is 1. The van der Waals surface area contributed by atoms with Crippen molar-refractivity contribution in [2.24, 2.45) is 5.41 Å². The molecule has 98 valence electrons. The zero-order valence-electron chi connectivity index (χ0n) is 10.8. The molecule has 0 heterocycles. The smallest absolute Gasteiger partial charge is 0.228 e. The zero-order chi connectivity index (χ0) is 13.2. The molecule has 0 saturated heterocycles. The quantitative estimate of drug-likeness (QED) is 0.829. The molecule has 1 aromatic rings. The summed E-state index contributed by atoms with van der Waals surface area (Å²) in [7, 11) is 1.62. The molecule has 0 aliphatic heterocycles. The molecular weight excluding hydrogens is 230 g/mol. The van der Waals surface area contributed by atoms with E-state index < -0.39 is 5.41 Å². The molecule has 4 heteroatoms. The third kappa shape index (κ3) is 2.48. The summed E-state index contributed by atoms with van der Waals surface area (Å²) in [6.45, 7) is 2.37. The second-order valence-electron chi connectivity index (χ2n) is 4.94. The number of benzene rings is 1. The molecule has 1 fully saturated rings. The number of hydrogen-bond donors (Lipinski definition) is 2. The number of hydrogen-bond acceptors (Lipinski definition) is 3. The predicted octanol–water partition coefficient (Wildman–Crippen LogP) is 1.39. The Kier molecular flexibility index (Phi) is 3.57. The maximum absolute atomic E-state index is 11.9. The van der Waals surface area contributed by atoms with Gasteiger partial charge >= 0.3 is 0 Å². The first-order valence-corrected chi connectivity index (χ1v) is 6.14. The normalized spacial score (nSPS) is 16.2. The summed E-state index contributed by atoms with van der Waals surface area (Å²) in [6.07, 6.45) is 1.56. The van der Waals surface area contributed by atoms with Gasteiger partial charge in [-0.1, -0.05) is 17.7 Å². The molecule has 0 spiro atoms. The number of ether oxygens (including phenoxy) is 1. The topological polar surface area (TPSA) is 58.6 Å². The highest BCUT2D eigenvalue weighted by Crippen LogP contribution is 2.45. The van der Waals surface area contributed by atoms with E-state index in [0.29, 0.717) is 6.54 Å². The van der Waals surface area contributed by atoms with Gasteiger partial charge in [-0.15, -0.1) is 0 Å². The Labute approximate surface area is 107 Å². The van der Waals surface area contributed by atoms with Crippen molar-refractivity contribution in [3.8, 4) is 5.75 Å². The summed E-state index contributed by atoms with van der Waals surface area (Å²) >= 11 is 0. The van der Waals surface area contributed by atoms with E-state index in [2.05, 4.69) is 5.32 Å². The fourth-order valence-electron chi connectivity index (χ4n) is 2.02. The van der Waals surface area contributed by atoms with E-state index in [0.717, 1.165) is 29.7 Å². The minimum atomic E-state index is -0.517. The Balaban J connectivity index is 2.02. The molecule has 0 atom stereocenters. The number of carbonyl (C=O) groups is 1. The van der Waals surface area contributed by atoms with E-state index in [1.165, 1.54) is 0 Å². The highest BCUT2D eigenvalue weighted by molar-refractivity contribution is 5.85. The average molecular weight is 249 g/mol. The van der Waals surface area contributed by atoms with E-state index in [1.807, 2.05) is 25.1 Å². The molecular formula is C14H19NO3. The number of methoxy groups -OCH3 is 1. The van der Waals surface area contributed by atoms with Crippen LogP contribution in [0.4, 0.5) is 0 Å². The van der Waals surface area contributed by atoms with Crippen LogP contribution < -0.4 is 10.1 Å². The third-order valence-electron chi connectivity index (χ3n) is 3.51. The van der Waals surface area contributed by atoms with E-state index in [4.69, 9.17) is 4.74 Å². The SMILES string of the molecule is COc1ccc(C)cc1CNC(=O)C1(CO)CC1. The standard InChI is InChI=1S/C14H19NO3/c1-10-3-4-12(18-2)11(7-10)8-15-13(17)14(9-16)5-6-14/h3-4,7,16H,5-6,8-9H2,1-2H3,(H,15,17). The van der Waals surface area contributed by atoms with Gasteiger partial charge in [-0.05, 0) is 25.8 Å². The highest BCUT2D eigenvalue weighted by Gasteiger charge is 2.49. The van der Waals surface area contributed by atoms with Crippen molar-refractivity contribution in [3.63, 3.8) is 0 Å². The Morgan fingerprint density at radius 2 is 2.22 bits per heavy atom. The molecule has 2 N–H and O–H groups in total. The van der Waals surface area contributed by atoms with Gasteiger partial charge in [-0.3, -0.25) is 4.79 Å². The Bertz CT molecular complexity index is 452. The fourth-order valence-corrected chi connectivity index (χ4v) is 2.02. The third-order valence-corrected chi connectivity index (χ3v) is 3.51. The lowest BCUT2D eigenvalue weighted by molar-refractivity contribution is -0.127. The number of amides is 1. The van der Waals surface area contributed by atoms with Crippen molar-refractivity contribution >= 4 is 5.91 Å². The van der Waals surface area contributed by atoms with Crippen molar-refractivity contribution in [1.82, 2.24) is 5.32 Å². The zero-order valence-corrected chi connectivity index (χ0v) is 10.8. The molecule has 1 amide bonds. The van der Waals surface area contributed by atoms with Crippen molar-refractivity contribution in [2.45, 2.75) is 26.3 Å². The number of aliphatic hydroxyl groups is 1. The lowest BCUT2D eigenvalue weighted by Crippen LogP contribution is -2.33. The Hall–Kier alpha value is -1.55. The van der Waals surface area contributed by atoms with Crippen LogP contribution in [-0.4, -0.2) is 24.7 Å². The van der Waals surface area contributed by atoms with Gasteiger partial charge in [0.2, 0.25) is 5.91 Å². The van der Waals surface area contributed by atoms with Gasteiger partial charge in [0.15, 0.2) is 0 Å². The number of nitrogens with one attached hydrogen (secondary N) is 1. The van der Waals surface area contributed by atoms with Gasteiger partial charge in [0.25, 0.3) is 0 Å². The maximum Gasteiger partial charge on any atom is 0.228 e. The molecule has 4 nitrogen and oxygen atoms in total. The number of carbonyl (C=O) groups excluding carboxylic acids is 1. The predicted molar refractivity (Wildman–Crippen MR) is 68.3 cm³/mol. The van der Waals surface area contributed by atoms with Crippen LogP contribution in [-0.2, 0) is 11.3 Å². The fraction of sp³-hybridized carbons (Fsp3) is 0.500. The lowest BCUT2D eigenvalue weighted by Gasteiger charge is -2.14. The maximum atomic E-state index is 11.9. The van der Waals surface area contributed by atoms with Gasteiger partial charge in [-0.2, -0.15) is 0 Å². The minimum Gasteiger partial charge on any atom is -0.496 e. The largest absolute Gasteiger partial charge is 0.496 e. The monoisotopic (exact) mass is 249 g/mol. The highest BCUT2D eigenvalue weighted by atomic mass is 16.5. The molecule has 0 unspecified atom stereocenters. The van der Waals surface area contributed by atoms with Gasteiger partial charge in [-0.25, -0.2) is 0 Å². The van der Waals surface area contributed by atoms with Crippen molar-refractivity contribution in [2.75, 3.05) is 13.7 Å². The van der Waals surface area contributed by atoms with Crippen LogP contribution in [0.25, 0.3) is 0 Å². The molecule has 1 aromatic carbocycles. The first-order chi connectivity index (χ1) is 8.61. The molecule has 1 aliphatic rings. The summed E-state index contributed by atoms with van der Waals surface area (Å²) in [5.74, 6) is 0.711. The van der Waals surface area contributed by atoms with Crippen LogP contribution in [0.1, 0.15) is 24.0 Å². The van der Waals surface area contributed by atoms with Crippen LogP contribution in [0.5, 0.6) is 5.75 Å². The van der Waals surface area contributed by atoms with Crippen molar-refractivity contribution < 1.29 is 14.6 Å². The van der Waals surface area contributed by atoms with Gasteiger partial charge in [0.05, 0.1) is 19.1 Å². The molecule has 0 aromatic heterocycles. The van der Waals surface area contributed by atoms with Crippen LogP contribution in [0.3, 0.4) is 0 Å². The lowest BCUT2D eigenvalue weighted by atomic mass is 10.1. The molecule has 2 rings (SSSR count). The van der Waals surface area contributed by atoms with Crippen molar-refractivity contribution in [1.29, 1.82) is 0 Å². The van der Waals surface area contributed by atoms with Crippen LogP contribution in [0.2, 0.25) is 0 Å². The summed E-state index contributed by atoms with van der Waals surface area (Å²) in [5, 5.41) is 12.1. The molecule has 1 saturated carbocycles. The summed E-state index contributed by atoms with van der Waals surface area (Å²) in [5.41, 5.74) is 1.57. The summed E-state index contributed by atoms with van der Waals surface area (Å²) in [6, 6.07) is 5.87. The van der Waals surface area contributed by atoms with Gasteiger partial charge in [0, 0.05) is 12.1 Å². The van der Waals surface area contributed by atoms with E-state index in [-0.39, 0.29) is 12.5 Å². The first kappa shape index (κ1) is 12.9. The molecule has 1 aliphatic carbocycles.